The number of thioether (sulfide) groups is 1. The molecule has 1 rings (SSSR count). The molecule has 0 aromatic carbocycles. The van der Waals surface area contributed by atoms with Crippen LogP contribution in [0.5, 0.6) is 0 Å². The molecule has 1 aromatic heterocycles. The van der Waals surface area contributed by atoms with E-state index in [0.717, 1.165) is 21.8 Å². The van der Waals surface area contributed by atoms with Crippen molar-refractivity contribution in [1.29, 1.82) is 5.41 Å². The van der Waals surface area contributed by atoms with E-state index in [1.54, 1.807) is 24.4 Å². The minimum Gasteiger partial charge on any atom is -0.324 e. The van der Waals surface area contributed by atoms with E-state index in [9.17, 15) is 8.42 Å². The second-order valence-corrected chi connectivity index (χ2v) is 7.86. The molecule has 1 heterocycles. The largest absolute Gasteiger partial charge is 0.324 e. The molecule has 0 aliphatic heterocycles. The first-order valence-electron chi connectivity index (χ1n) is 6.54. The van der Waals surface area contributed by atoms with Gasteiger partial charge in [-0.05, 0) is 23.3 Å². The zero-order chi connectivity index (χ0) is 17.5. The number of pyridine rings is 1. The maximum atomic E-state index is 11.9. The van der Waals surface area contributed by atoms with E-state index >= 15 is 0 Å². The molecular weight excluding hydrogens is 356 g/mol. The van der Waals surface area contributed by atoms with Crippen LogP contribution in [0.2, 0.25) is 5.02 Å². The number of allylic oxidation sites excluding steroid dienone is 2. The lowest BCUT2D eigenvalue weighted by Crippen LogP contribution is -2.36. The van der Waals surface area contributed by atoms with Gasteiger partial charge in [0.2, 0.25) is 10.0 Å². The molecule has 0 radical (unpaired) electrons. The third-order valence-electron chi connectivity index (χ3n) is 2.83. The molecular formula is C14H19ClN4O2S2. The van der Waals surface area contributed by atoms with Gasteiger partial charge in [-0.2, -0.15) is 0 Å². The SMILES string of the molecule is CS/C=C(\C=C\C(N)CS(=O)(=O)N(C)C=N)c1cncc(Cl)c1. The van der Waals surface area contributed by atoms with E-state index < -0.39 is 16.1 Å². The third kappa shape index (κ3) is 6.34. The van der Waals surface area contributed by atoms with Crippen molar-refractivity contribution in [3.63, 3.8) is 0 Å². The number of rotatable bonds is 8. The zero-order valence-electron chi connectivity index (χ0n) is 12.8. The molecule has 0 aliphatic rings. The van der Waals surface area contributed by atoms with E-state index in [4.69, 9.17) is 22.7 Å². The zero-order valence-corrected chi connectivity index (χ0v) is 15.2. The Bertz CT molecular complexity index is 704. The van der Waals surface area contributed by atoms with Crippen molar-refractivity contribution >= 4 is 45.3 Å². The van der Waals surface area contributed by atoms with Gasteiger partial charge in [-0.3, -0.25) is 14.7 Å². The molecule has 126 valence electrons. The highest BCUT2D eigenvalue weighted by atomic mass is 35.5. The summed E-state index contributed by atoms with van der Waals surface area (Å²) in [6.07, 6.45) is 9.21. The van der Waals surface area contributed by atoms with Crippen LogP contribution in [0.25, 0.3) is 5.57 Å². The van der Waals surface area contributed by atoms with Gasteiger partial charge in [-0.25, -0.2) is 8.42 Å². The summed E-state index contributed by atoms with van der Waals surface area (Å²) in [5, 5.41) is 9.41. The number of hydrogen-bond donors (Lipinski definition) is 2. The highest BCUT2D eigenvalue weighted by molar-refractivity contribution is 8.01. The molecule has 0 saturated carbocycles. The van der Waals surface area contributed by atoms with E-state index in [1.165, 1.54) is 25.0 Å². The number of nitrogens with zero attached hydrogens (tertiary/aromatic N) is 2. The van der Waals surface area contributed by atoms with Crippen LogP contribution in [0.4, 0.5) is 0 Å². The van der Waals surface area contributed by atoms with Crippen LogP contribution < -0.4 is 5.73 Å². The molecule has 0 spiro atoms. The summed E-state index contributed by atoms with van der Waals surface area (Å²) in [5.74, 6) is -0.282. The molecule has 23 heavy (non-hydrogen) atoms. The molecule has 0 bridgehead atoms. The van der Waals surface area contributed by atoms with Gasteiger partial charge in [0.15, 0.2) is 0 Å². The standard InChI is InChI=1S/C14H19ClN4O2S2/c1-19(10-16)23(20,21)9-14(17)4-3-11(8-22-2)12-5-13(15)7-18-6-12/h3-8,10,14,16H,9,17H2,1-2H3/b4-3+,11-8+,16-10?. The van der Waals surface area contributed by atoms with Crippen LogP contribution in [0.3, 0.4) is 0 Å². The Hall–Kier alpha value is -1.35. The van der Waals surface area contributed by atoms with Gasteiger partial charge >= 0.3 is 0 Å². The van der Waals surface area contributed by atoms with E-state index in [-0.39, 0.29) is 5.75 Å². The molecule has 6 nitrogen and oxygen atoms in total. The van der Waals surface area contributed by atoms with Gasteiger partial charge in [-0.1, -0.05) is 23.8 Å². The average molecular weight is 375 g/mol. The molecule has 9 heteroatoms. The van der Waals surface area contributed by atoms with E-state index in [0.29, 0.717) is 5.02 Å². The van der Waals surface area contributed by atoms with Crippen molar-refractivity contribution in [3.8, 4) is 0 Å². The quantitative estimate of drug-likeness (QED) is 0.412. The number of nitrogens with one attached hydrogen (secondary N) is 1. The molecule has 1 atom stereocenters. The predicted molar refractivity (Wildman–Crippen MR) is 98.2 cm³/mol. The Kier molecular flexibility index (Phi) is 7.77. The number of halogens is 1. The summed E-state index contributed by atoms with van der Waals surface area (Å²) in [6.45, 7) is 0. The molecule has 3 N–H and O–H groups in total. The fourth-order valence-electron chi connectivity index (χ4n) is 1.62. The lowest BCUT2D eigenvalue weighted by molar-refractivity contribution is 0.552. The topological polar surface area (TPSA) is 100 Å². The first kappa shape index (κ1) is 19.7. The lowest BCUT2D eigenvalue weighted by Gasteiger charge is -2.15. The van der Waals surface area contributed by atoms with Crippen LogP contribution in [-0.2, 0) is 10.0 Å². The number of aromatic nitrogens is 1. The van der Waals surface area contributed by atoms with E-state index in [1.807, 2.05) is 11.7 Å². The second kappa shape index (κ2) is 9.07. The van der Waals surface area contributed by atoms with Crippen LogP contribution in [-0.4, -0.2) is 49.1 Å². The summed E-state index contributed by atoms with van der Waals surface area (Å²) in [4.78, 5) is 4.03. The normalized spacial score (nSPS) is 14.0. The Morgan fingerprint density at radius 2 is 2.26 bits per heavy atom. The van der Waals surface area contributed by atoms with Crippen molar-refractivity contribution in [2.75, 3.05) is 19.1 Å². The summed E-state index contributed by atoms with van der Waals surface area (Å²) in [5.41, 5.74) is 7.51. The summed E-state index contributed by atoms with van der Waals surface area (Å²) < 4.78 is 24.6. The van der Waals surface area contributed by atoms with Crippen molar-refractivity contribution in [3.05, 3.63) is 46.6 Å². The Labute approximate surface area is 146 Å². The van der Waals surface area contributed by atoms with Crippen molar-refractivity contribution in [2.24, 2.45) is 5.73 Å². The molecule has 1 unspecified atom stereocenters. The maximum Gasteiger partial charge on any atom is 0.237 e. The number of nitrogens with two attached hydrogens (primary N) is 1. The van der Waals surface area contributed by atoms with Crippen LogP contribution in [0.15, 0.2) is 36.0 Å². The van der Waals surface area contributed by atoms with Crippen LogP contribution >= 0.6 is 23.4 Å². The summed E-state index contributed by atoms with van der Waals surface area (Å²) >= 11 is 7.44. The third-order valence-corrected chi connectivity index (χ3v) is 5.32. The van der Waals surface area contributed by atoms with Crippen LogP contribution in [0, 0.1) is 5.41 Å². The smallest absolute Gasteiger partial charge is 0.237 e. The van der Waals surface area contributed by atoms with Crippen molar-refractivity contribution < 1.29 is 8.42 Å². The fraction of sp³-hybridized carbons (Fsp3) is 0.286. The molecule has 1 aromatic rings. The highest BCUT2D eigenvalue weighted by Crippen LogP contribution is 2.21. The summed E-state index contributed by atoms with van der Waals surface area (Å²) in [7, 11) is -2.28. The molecule has 0 fully saturated rings. The molecule has 0 saturated heterocycles. The van der Waals surface area contributed by atoms with Crippen molar-refractivity contribution in [2.45, 2.75) is 6.04 Å². The lowest BCUT2D eigenvalue weighted by atomic mass is 10.1. The summed E-state index contributed by atoms with van der Waals surface area (Å²) in [6, 6.07) is 1.08. The predicted octanol–water partition coefficient (Wildman–Crippen LogP) is 2.19. The van der Waals surface area contributed by atoms with Crippen LogP contribution in [0.1, 0.15) is 5.56 Å². The van der Waals surface area contributed by atoms with Gasteiger partial charge in [0.1, 0.15) is 0 Å². The molecule has 0 amide bonds. The van der Waals surface area contributed by atoms with E-state index in [2.05, 4.69) is 4.98 Å². The Morgan fingerprint density at radius 3 is 2.83 bits per heavy atom. The molecule has 0 aliphatic carbocycles. The maximum absolute atomic E-state index is 11.9. The average Bonchev–Trinajstić information content (AvgIpc) is 2.50. The fourth-order valence-corrected chi connectivity index (χ4v) is 3.26. The van der Waals surface area contributed by atoms with Gasteiger partial charge in [-0.15, -0.1) is 11.8 Å². The highest BCUT2D eigenvalue weighted by Gasteiger charge is 2.17. The Balaban J connectivity index is 2.91. The first-order chi connectivity index (χ1) is 10.8. The van der Waals surface area contributed by atoms with Gasteiger partial charge in [0.25, 0.3) is 0 Å². The number of hydrogen-bond acceptors (Lipinski definition) is 6. The van der Waals surface area contributed by atoms with Crippen molar-refractivity contribution in [1.82, 2.24) is 9.29 Å². The monoisotopic (exact) mass is 374 g/mol. The number of sulfonamides is 1. The van der Waals surface area contributed by atoms with Gasteiger partial charge in [0, 0.05) is 31.0 Å². The minimum absolute atomic E-state index is 0.282. The van der Waals surface area contributed by atoms with Gasteiger partial charge in [0.05, 0.1) is 17.1 Å². The first-order valence-corrected chi connectivity index (χ1v) is 9.81. The van der Waals surface area contributed by atoms with Gasteiger partial charge < -0.3 is 5.73 Å². The minimum atomic E-state index is -3.59. The Morgan fingerprint density at radius 1 is 1.57 bits per heavy atom. The second-order valence-electron chi connectivity index (χ2n) is 4.65.